The number of benzene rings is 1. The molecule has 0 saturated carbocycles. The van der Waals surface area contributed by atoms with Gasteiger partial charge in [-0.05, 0) is 41.5 Å². The van der Waals surface area contributed by atoms with Crippen LogP contribution >= 0.6 is 35.2 Å². The molecule has 1 aromatic carbocycles. The van der Waals surface area contributed by atoms with Crippen LogP contribution in [0.3, 0.4) is 0 Å². The SMILES string of the molecule is O=C(O)Cn1c(O)c(C=C2C(=O)[n+]3ccccc3N=C2Oc2ccccc2Cl)sc1=S. The lowest BCUT2D eigenvalue weighted by atomic mass is 10.1. The monoisotopic (exact) mass is 474 g/mol. The molecular formula is C20H13ClN3O5S2+. The molecule has 2 N–H and O–H groups in total. The summed E-state index contributed by atoms with van der Waals surface area (Å²) in [6.07, 6.45) is 2.92. The Morgan fingerprint density at radius 3 is 2.77 bits per heavy atom. The van der Waals surface area contributed by atoms with Crippen LogP contribution in [-0.4, -0.2) is 32.6 Å². The van der Waals surface area contributed by atoms with Crippen LogP contribution in [0.25, 0.3) is 6.08 Å². The van der Waals surface area contributed by atoms with Gasteiger partial charge >= 0.3 is 23.6 Å². The van der Waals surface area contributed by atoms with Gasteiger partial charge in [0.2, 0.25) is 5.88 Å². The molecule has 0 fully saturated rings. The van der Waals surface area contributed by atoms with Crippen molar-refractivity contribution in [3.8, 4) is 11.6 Å². The van der Waals surface area contributed by atoms with Crippen molar-refractivity contribution >= 4 is 64.8 Å². The predicted octanol–water partition coefficient (Wildman–Crippen LogP) is 3.86. The van der Waals surface area contributed by atoms with Gasteiger partial charge in [0.05, 0.1) is 16.1 Å². The van der Waals surface area contributed by atoms with Gasteiger partial charge in [-0.3, -0.25) is 9.36 Å². The number of aromatic hydroxyl groups is 1. The maximum Gasteiger partial charge on any atom is 0.354 e. The number of aliphatic carboxylic acids is 1. The fourth-order valence-electron chi connectivity index (χ4n) is 2.83. The van der Waals surface area contributed by atoms with Gasteiger partial charge in [0.15, 0.2) is 9.53 Å². The van der Waals surface area contributed by atoms with E-state index in [0.29, 0.717) is 16.6 Å². The highest BCUT2D eigenvalue weighted by Crippen LogP contribution is 2.31. The van der Waals surface area contributed by atoms with E-state index in [9.17, 15) is 14.7 Å². The van der Waals surface area contributed by atoms with Crippen molar-refractivity contribution in [1.29, 1.82) is 0 Å². The smallest absolute Gasteiger partial charge is 0.354 e. The molecular weight excluding hydrogens is 462 g/mol. The zero-order valence-electron chi connectivity index (χ0n) is 15.6. The van der Waals surface area contributed by atoms with E-state index in [4.69, 9.17) is 33.7 Å². The van der Waals surface area contributed by atoms with Gasteiger partial charge in [-0.2, -0.15) is 4.57 Å². The van der Waals surface area contributed by atoms with Crippen molar-refractivity contribution in [2.45, 2.75) is 6.54 Å². The van der Waals surface area contributed by atoms with Crippen molar-refractivity contribution in [2.75, 3.05) is 0 Å². The molecule has 3 aromatic rings. The number of rotatable bonds is 4. The fraction of sp³-hybridized carbons (Fsp3) is 0.0500. The zero-order chi connectivity index (χ0) is 22.1. The summed E-state index contributed by atoms with van der Waals surface area (Å²) in [5, 5.41) is 19.8. The topological polar surface area (TPSA) is 105 Å². The molecule has 156 valence electrons. The molecule has 1 aliphatic rings. The Kier molecular flexibility index (Phi) is 5.68. The molecule has 8 nitrogen and oxygen atoms in total. The minimum absolute atomic E-state index is 0.0206. The first-order valence-corrected chi connectivity index (χ1v) is 10.4. The number of aliphatic imine (C=N–C) groups is 1. The van der Waals surface area contributed by atoms with Gasteiger partial charge in [0, 0.05) is 6.07 Å². The number of aromatic nitrogens is 2. The van der Waals surface area contributed by atoms with Crippen molar-refractivity contribution in [3.05, 3.63) is 68.1 Å². The second-order valence-corrected chi connectivity index (χ2v) is 8.36. The van der Waals surface area contributed by atoms with Gasteiger partial charge in [-0.1, -0.05) is 29.8 Å². The molecule has 3 heterocycles. The number of nitrogens with zero attached hydrogens (tertiary/aromatic N) is 3. The number of halogens is 1. The Bertz CT molecular complexity index is 1340. The van der Waals surface area contributed by atoms with Crippen LogP contribution in [0, 0.1) is 3.95 Å². The summed E-state index contributed by atoms with van der Waals surface area (Å²) in [5.41, 5.74) is 0.0395. The van der Waals surface area contributed by atoms with E-state index in [0.717, 1.165) is 15.9 Å². The zero-order valence-corrected chi connectivity index (χ0v) is 17.9. The van der Waals surface area contributed by atoms with Crippen LogP contribution in [0.15, 0.2) is 59.2 Å². The number of pyridine rings is 1. The number of hydrogen-bond donors (Lipinski definition) is 2. The third-order valence-electron chi connectivity index (χ3n) is 4.24. The van der Waals surface area contributed by atoms with Crippen LogP contribution in [-0.2, 0) is 11.3 Å². The summed E-state index contributed by atoms with van der Waals surface area (Å²) < 4.78 is 8.39. The lowest BCUT2D eigenvalue weighted by Gasteiger charge is -2.12. The normalized spacial score (nSPS) is 14.3. The molecule has 4 rings (SSSR count). The predicted molar refractivity (Wildman–Crippen MR) is 117 cm³/mol. The van der Waals surface area contributed by atoms with E-state index in [1.165, 1.54) is 10.6 Å². The number of thiazole rings is 1. The van der Waals surface area contributed by atoms with Crippen LogP contribution in [0.4, 0.5) is 5.82 Å². The molecule has 1 aliphatic heterocycles. The van der Waals surface area contributed by atoms with E-state index in [1.807, 2.05) is 0 Å². The van der Waals surface area contributed by atoms with E-state index >= 15 is 0 Å². The van der Waals surface area contributed by atoms with Gasteiger partial charge < -0.3 is 14.9 Å². The molecule has 0 amide bonds. The van der Waals surface area contributed by atoms with Gasteiger partial charge in [-0.25, -0.2) is 4.79 Å². The van der Waals surface area contributed by atoms with Crippen molar-refractivity contribution in [3.63, 3.8) is 0 Å². The average Bonchev–Trinajstić information content (AvgIpc) is 2.99. The quantitative estimate of drug-likeness (QED) is 0.338. The van der Waals surface area contributed by atoms with Crippen LogP contribution < -0.4 is 9.30 Å². The van der Waals surface area contributed by atoms with E-state index in [1.54, 1.807) is 48.7 Å². The van der Waals surface area contributed by atoms with Crippen molar-refractivity contribution in [2.24, 2.45) is 4.99 Å². The highest BCUT2D eigenvalue weighted by molar-refractivity contribution is 7.73. The molecule has 0 unspecified atom stereocenters. The van der Waals surface area contributed by atoms with Crippen LogP contribution in [0.1, 0.15) is 9.67 Å². The van der Waals surface area contributed by atoms with Crippen molar-refractivity contribution in [1.82, 2.24) is 4.57 Å². The summed E-state index contributed by atoms with van der Waals surface area (Å²) >= 11 is 12.3. The Morgan fingerprint density at radius 1 is 1.29 bits per heavy atom. The largest absolute Gasteiger partial charge is 0.493 e. The number of carboxylic acid groups (broad SMARTS) is 1. The highest BCUT2D eigenvalue weighted by atomic mass is 35.5. The Morgan fingerprint density at radius 2 is 2.03 bits per heavy atom. The molecule has 2 aromatic heterocycles. The van der Waals surface area contributed by atoms with Crippen LogP contribution in [0.5, 0.6) is 11.6 Å². The third kappa shape index (κ3) is 4.13. The lowest BCUT2D eigenvalue weighted by Crippen LogP contribution is -2.48. The molecule has 0 atom stereocenters. The van der Waals surface area contributed by atoms with Gasteiger partial charge in [0.25, 0.3) is 0 Å². The molecule has 31 heavy (non-hydrogen) atoms. The number of fused-ring (bicyclic) bond motifs is 1. The number of carbonyl (C=O) groups is 2. The molecule has 0 aliphatic carbocycles. The summed E-state index contributed by atoms with van der Waals surface area (Å²) in [6.45, 7) is -0.507. The minimum atomic E-state index is -1.16. The number of carbonyl (C=O) groups excluding carboxylic acids is 1. The summed E-state index contributed by atoms with van der Waals surface area (Å²) in [6, 6.07) is 11.8. The summed E-state index contributed by atoms with van der Waals surface area (Å²) in [4.78, 5) is 28.9. The second kappa shape index (κ2) is 8.42. The maximum absolute atomic E-state index is 13.2. The molecule has 11 heteroatoms. The number of carboxylic acids is 1. The Hall–Kier alpha value is -3.34. The maximum atomic E-state index is 13.2. The number of para-hydroxylation sites is 1. The van der Waals surface area contributed by atoms with Gasteiger partial charge in [-0.15, -0.1) is 11.3 Å². The summed E-state index contributed by atoms with van der Waals surface area (Å²) in [7, 11) is 0. The van der Waals surface area contributed by atoms with Crippen LogP contribution in [0.2, 0.25) is 5.02 Å². The first-order valence-electron chi connectivity index (χ1n) is 8.78. The van der Waals surface area contributed by atoms with E-state index in [-0.39, 0.29) is 26.2 Å². The van der Waals surface area contributed by atoms with Gasteiger partial charge in [0.1, 0.15) is 12.3 Å². The average molecular weight is 475 g/mol. The lowest BCUT2D eigenvalue weighted by molar-refractivity contribution is -0.557. The second-order valence-electron chi connectivity index (χ2n) is 6.28. The Balaban J connectivity index is 1.85. The third-order valence-corrected chi connectivity index (χ3v) is 5.94. The molecule has 0 saturated heterocycles. The van der Waals surface area contributed by atoms with E-state index in [2.05, 4.69) is 4.99 Å². The minimum Gasteiger partial charge on any atom is -0.493 e. The fourth-order valence-corrected chi connectivity index (χ4v) is 4.25. The molecule has 0 spiro atoms. The highest BCUT2D eigenvalue weighted by Gasteiger charge is 2.36. The van der Waals surface area contributed by atoms with E-state index < -0.39 is 18.4 Å². The standard InChI is InChI=1S/C20H12ClN3O5S2/c21-12-5-1-2-6-13(12)29-17-11(18(27)23-8-4-3-7-15(23)22-17)9-14-19(28)24(10-16(25)26)20(30)31-14/h1-9H,10H2,(H,25,26)/p+1. The first kappa shape index (κ1) is 20.9. The molecule has 0 bridgehead atoms. The summed E-state index contributed by atoms with van der Waals surface area (Å²) in [5.74, 6) is -1.34. The number of hydrogen-bond acceptors (Lipinski definition) is 7. The number of ether oxygens (including phenoxy) is 1. The van der Waals surface area contributed by atoms with Crippen molar-refractivity contribution < 1.29 is 29.1 Å². The molecule has 0 radical (unpaired) electrons. The Labute approximate surface area is 189 Å². The first-order chi connectivity index (χ1) is 14.8.